The van der Waals surface area contributed by atoms with Crippen molar-refractivity contribution < 1.29 is 14.1 Å². The number of nitro groups is 1. The number of piperazine rings is 1. The van der Waals surface area contributed by atoms with E-state index in [4.69, 9.17) is 27.6 Å². The van der Waals surface area contributed by atoms with E-state index in [0.29, 0.717) is 26.2 Å². The number of hydrogen-bond acceptors (Lipinski definition) is 6. The number of halogens is 2. The molecule has 0 saturated carbocycles. The molecule has 1 saturated heterocycles. The number of benzene rings is 2. The van der Waals surface area contributed by atoms with Gasteiger partial charge in [-0.1, -0.05) is 41.4 Å². The second kappa shape index (κ2) is 10.00. The van der Waals surface area contributed by atoms with Crippen molar-refractivity contribution in [3.05, 3.63) is 86.1 Å². The summed E-state index contributed by atoms with van der Waals surface area (Å²) < 4.78 is 5.71. The van der Waals surface area contributed by atoms with Gasteiger partial charge in [-0.3, -0.25) is 14.9 Å². The molecule has 1 fully saturated rings. The number of amides is 1. The third-order valence-corrected chi connectivity index (χ3v) is 6.07. The Morgan fingerprint density at radius 1 is 1.06 bits per heavy atom. The third-order valence-electron chi connectivity index (χ3n) is 5.45. The summed E-state index contributed by atoms with van der Waals surface area (Å²) in [6.45, 7) is 2.29. The molecule has 0 N–H and O–H groups in total. The highest BCUT2D eigenvalue weighted by Gasteiger charge is 2.24. The minimum atomic E-state index is -0.615. The highest BCUT2D eigenvalue weighted by Crippen LogP contribution is 2.37. The molecule has 1 aliphatic heterocycles. The Bertz CT molecular complexity index is 1310. The minimum Gasteiger partial charge on any atom is -0.457 e. The lowest BCUT2D eigenvalue weighted by molar-refractivity contribution is -0.384. The molecule has 0 atom stereocenters. The van der Waals surface area contributed by atoms with Crippen molar-refractivity contribution in [2.45, 2.75) is 0 Å². The Balaban J connectivity index is 1.50. The molecule has 1 amide bonds. The summed E-state index contributed by atoms with van der Waals surface area (Å²) in [7, 11) is 0. The summed E-state index contributed by atoms with van der Waals surface area (Å²) in [6.07, 6.45) is 1.35. The van der Waals surface area contributed by atoms with Crippen molar-refractivity contribution in [2.75, 3.05) is 31.1 Å². The summed E-state index contributed by atoms with van der Waals surface area (Å²) in [5.41, 5.74) is 0.994. The number of anilines is 1. The average molecular weight is 497 g/mol. The van der Waals surface area contributed by atoms with Crippen LogP contribution in [0, 0.1) is 21.4 Å². The van der Waals surface area contributed by atoms with Crippen molar-refractivity contribution in [3.8, 4) is 17.4 Å². The van der Waals surface area contributed by atoms with E-state index in [1.54, 1.807) is 17.0 Å². The van der Waals surface area contributed by atoms with Crippen LogP contribution in [0.3, 0.4) is 0 Å². The van der Waals surface area contributed by atoms with Gasteiger partial charge in [0.15, 0.2) is 0 Å². The van der Waals surface area contributed by atoms with Crippen LogP contribution in [0.1, 0.15) is 5.76 Å². The molecule has 1 aromatic heterocycles. The van der Waals surface area contributed by atoms with Crippen LogP contribution in [-0.2, 0) is 4.79 Å². The molecule has 0 bridgehead atoms. The number of rotatable bonds is 5. The molecule has 2 aromatic carbocycles. The topological polar surface area (TPSA) is 104 Å². The van der Waals surface area contributed by atoms with Crippen LogP contribution in [0.4, 0.5) is 11.4 Å². The normalized spacial score (nSPS) is 14.1. The monoisotopic (exact) mass is 496 g/mol. The predicted octanol–water partition coefficient (Wildman–Crippen LogP) is 5.42. The molecule has 0 radical (unpaired) electrons. The first-order valence-corrected chi connectivity index (χ1v) is 11.1. The maximum atomic E-state index is 12.9. The van der Waals surface area contributed by atoms with Gasteiger partial charge < -0.3 is 14.2 Å². The van der Waals surface area contributed by atoms with Gasteiger partial charge in [0.25, 0.3) is 11.6 Å². The van der Waals surface area contributed by atoms with Crippen molar-refractivity contribution in [3.63, 3.8) is 0 Å². The Hall–Kier alpha value is -3.80. The van der Waals surface area contributed by atoms with E-state index in [1.165, 1.54) is 18.2 Å². The maximum Gasteiger partial charge on any atom is 0.288 e. The van der Waals surface area contributed by atoms with E-state index in [1.807, 2.05) is 36.4 Å². The first-order valence-electron chi connectivity index (χ1n) is 10.3. The van der Waals surface area contributed by atoms with Crippen LogP contribution in [0.25, 0.3) is 17.4 Å². The molecule has 4 rings (SSSR count). The lowest BCUT2D eigenvalue weighted by Gasteiger charge is -2.36. The van der Waals surface area contributed by atoms with Crippen LogP contribution < -0.4 is 4.90 Å². The number of carbonyl (C=O) groups excluding carboxylic acids is 1. The van der Waals surface area contributed by atoms with Gasteiger partial charge in [-0.15, -0.1) is 0 Å². The Morgan fingerprint density at radius 2 is 1.76 bits per heavy atom. The predicted molar refractivity (Wildman–Crippen MR) is 130 cm³/mol. The SMILES string of the molecule is N#C/C(=C/c1ccc(-c2cc([N+](=O)[O-])c(Cl)cc2Cl)o1)C(=O)N1CCN(c2ccccc2)CC1. The minimum absolute atomic E-state index is 0.0674. The van der Waals surface area contributed by atoms with E-state index >= 15 is 0 Å². The summed E-state index contributed by atoms with van der Waals surface area (Å²) in [5.74, 6) is 0.113. The summed E-state index contributed by atoms with van der Waals surface area (Å²) in [5, 5.41) is 20.9. The van der Waals surface area contributed by atoms with Gasteiger partial charge in [0.2, 0.25) is 0 Å². The average Bonchev–Trinajstić information content (AvgIpc) is 3.31. The molecular weight excluding hydrogens is 479 g/mol. The number of nitro benzene ring substituents is 1. The van der Waals surface area contributed by atoms with Gasteiger partial charge in [-0.25, -0.2) is 0 Å². The van der Waals surface area contributed by atoms with Gasteiger partial charge in [-0.05, 0) is 30.3 Å². The molecule has 172 valence electrons. The third kappa shape index (κ3) is 4.91. The molecule has 3 aromatic rings. The van der Waals surface area contributed by atoms with E-state index in [0.717, 1.165) is 5.69 Å². The number of nitriles is 1. The second-order valence-corrected chi connectivity index (χ2v) is 8.34. The van der Waals surface area contributed by atoms with Crippen molar-refractivity contribution in [2.24, 2.45) is 0 Å². The zero-order valence-electron chi connectivity index (χ0n) is 17.8. The quantitative estimate of drug-likeness (QED) is 0.202. The lowest BCUT2D eigenvalue weighted by Crippen LogP contribution is -2.49. The molecule has 2 heterocycles. The Kier molecular flexibility index (Phi) is 6.87. The summed E-state index contributed by atoms with van der Waals surface area (Å²) >= 11 is 12.1. The Labute approximate surface area is 205 Å². The van der Waals surface area contributed by atoms with Gasteiger partial charge >= 0.3 is 0 Å². The number of nitrogens with zero attached hydrogens (tertiary/aromatic N) is 4. The van der Waals surface area contributed by atoms with Gasteiger partial charge in [0, 0.05) is 49.6 Å². The first-order chi connectivity index (χ1) is 16.4. The van der Waals surface area contributed by atoms with E-state index in [-0.39, 0.29) is 44.3 Å². The fourth-order valence-electron chi connectivity index (χ4n) is 3.70. The van der Waals surface area contributed by atoms with E-state index < -0.39 is 4.92 Å². The van der Waals surface area contributed by atoms with Crippen molar-refractivity contribution >= 4 is 46.6 Å². The lowest BCUT2D eigenvalue weighted by atomic mass is 10.1. The number of hydrogen-bond donors (Lipinski definition) is 0. The van der Waals surface area contributed by atoms with Crippen LogP contribution >= 0.6 is 23.2 Å². The van der Waals surface area contributed by atoms with Gasteiger partial charge in [-0.2, -0.15) is 5.26 Å². The number of carbonyl (C=O) groups is 1. The largest absolute Gasteiger partial charge is 0.457 e. The maximum absolute atomic E-state index is 12.9. The molecule has 0 spiro atoms. The number of para-hydroxylation sites is 1. The van der Waals surface area contributed by atoms with Crippen LogP contribution in [-0.4, -0.2) is 41.9 Å². The highest BCUT2D eigenvalue weighted by molar-refractivity contribution is 6.37. The molecular formula is C24H18Cl2N4O4. The van der Waals surface area contributed by atoms with Crippen molar-refractivity contribution in [1.82, 2.24) is 4.90 Å². The summed E-state index contributed by atoms with van der Waals surface area (Å²) in [6, 6.07) is 17.5. The zero-order chi connectivity index (χ0) is 24.2. The van der Waals surface area contributed by atoms with Crippen molar-refractivity contribution in [1.29, 1.82) is 5.26 Å². The van der Waals surface area contributed by atoms with Crippen LogP contribution in [0.15, 0.2) is 64.6 Å². The molecule has 34 heavy (non-hydrogen) atoms. The standard InChI is InChI=1S/C24H18Cl2N4O4/c25-20-14-21(26)22(30(32)33)13-19(20)23-7-6-18(34-23)12-16(15-27)24(31)29-10-8-28(9-11-29)17-4-2-1-3-5-17/h1-7,12-14H,8-11H2/b16-12-. The molecule has 1 aliphatic rings. The van der Waals surface area contributed by atoms with Crippen LogP contribution in [0.2, 0.25) is 10.0 Å². The molecule has 0 aliphatic carbocycles. The van der Waals surface area contributed by atoms with Gasteiger partial charge in [0.05, 0.1) is 9.95 Å². The fourth-order valence-corrected chi connectivity index (χ4v) is 4.25. The Morgan fingerprint density at radius 3 is 2.41 bits per heavy atom. The highest BCUT2D eigenvalue weighted by atomic mass is 35.5. The molecule has 10 heteroatoms. The number of furan rings is 1. The molecule has 0 unspecified atom stereocenters. The first kappa shape index (κ1) is 23.4. The molecule has 8 nitrogen and oxygen atoms in total. The fraction of sp³-hybridized carbons (Fsp3) is 0.167. The van der Waals surface area contributed by atoms with E-state index in [2.05, 4.69) is 4.90 Å². The van der Waals surface area contributed by atoms with Crippen LogP contribution in [0.5, 0.6) is 0 Å². The van der Waals surface area contributed by atoms with Gasteiger partial charge in [0.1, 0.15) is 28.2 Å². The smallest absolute Gasteiger partial charge is 0.288 e. The summed E-state index contributed by atoms with van der Waals surface area (Å²) in [4.78, 5) is 27.3. The second-order valence-electron chi connectivity index (χ2n) is 7.53. The van der Waals surface area contributed by atoms with E-state index in [9.17, 15) is 20.2 Å². The zero-order valence-corrected chi connectivity index (χ0v) is 19.3.